The third kappa shape index (κ3) is 8.66. The molecule has 47 heavy (non-hydrogen) atoms. The highest BCUT2D eigenvalue weighted by Gasteiger charge is 2.34. The largest absolute Gasteiger partial charge is 0.446 e. The van der Waals surface area contributed by atoms with Gasteiger partial charge >= 0.3 is 0 Å². The molecule has 1 saturated heterocycles. The van der Waals surface area contributed by atoms with Crippen LogP contribution in [-0.4, -0.2) is 57.0 Å². The van der Waals surface area contributed by atoms with Crippen LogP contribution in [0.4, 0.5) is 8.78 Å². The maximum atomic E-state index is 14.4. The van der Waals surface area contributed by atoms with Crippen molar-refractivity contribution in [2.45, 2.75) is 77.1 Å². The Morgan fingerprint density at radius 1 is 1.09 bits per heavy atom. The number of rotatable bonds is 13. The van der Waals surface area contributed by atoms with Crippen LogP contribution in [0.2, 0.25) is 0 Å². The van der Waals surface area contributed by atoms with Crippen molar-refractivity contribution >= 4 is 11.8 Å². The number of carbonyl (C=O) groups excluding carboxylic acids is 2. The Balaban J connectivity index is 1.31. The molecule has 1 fully saturated rings. The van der Waals surface area contributed by atoms with Crippen molar-refractivity contribution in [2.24, 2.45) is 0 Å². The number of benzene rings is 2. The predicted octanol–water partition coefficient (Wildman–Crippen LogP) is 5.52. The van der Waals surface area contributed by atoms with Gasteiger partial charge < -0.3 is 25.1 Å². The zero-order valence-corrected chi connectivity index (χ0v) is 26.9. The highest BCUT2D eigenvalue weighted by Crippen LogP contribution is 2.33. The van der Waals surface area contributed by atoms with E-state index in [9.17, 15) is 23.5 Å². The number of alkyl halides is 2. The molecule has 3 atom stereocenters. The molecule has 11 heteroatoms. The standard InChI is InChI=1S/C36H41F2N5O4/c1-23-22-47-34(41-23)31-10-7-11-43(31)35(46)28-13-25(17-37)12-27(16-28)33(45)42-30(15-24-8-5-4-6-9-24)32(44)21-40-19-26-14-29(20-39-18-26)36(2,3)38/h4-6,8-9,12-14,16,18,20,22,30-32,40,44H,7,10-11,15,17,19,21H2,1-3H3,(H,42,45)/t30-,31+,32-/m0/s1. The lowest BCUT2D eigenvalue weighted by atomic mass is 9.99. The summed E-state index contributed by atoms with van der Waals surface area (Å²) in [6.07, 6.45) is 5.41. The molecular formula is C36H41F2N5O4. The second-order valence-corrected chi connectivity index (χ2v) is 12.6. The Morgan fingerprint density at radius 3 is 2.55 bits per heavy atom. The maximum absolute atomic E-state index is 14.4. The number of oxazole rings is 1. The number of halogens is 2. The van der Waals surface area contributed by atoms with E-state index in [0.29, 0.717) is 43.1 Å². The highest BCUT2D eigenvalue weighted by molar-refractivity contribution is 6.00. The molecule has 1 aliphatic rings. The van der Waals surface area contributed by atoms with E-state index in [1.165, 1.54) is 38.2 Å². The van der Waals surface area contributed by atoms with Crippen LogP contribution in [0.3, 0.4) is 0 Å². The van der Waals surface area contributed by atoms with Gasteiger partial charge in [0.25, 0.3) is 11.8 Å². The summed E-state index contributed by atoms with van der Waals surface area (Å²) in [4.78, 5) is 37.5. The van der Waals surface area contributed by atoms with E-state index in [-0.39, 0.29) is 35.2 Å². The number of nitrogens with one attached hydrogen (secondary N) is 2. The molecule has 0 unspecified atom stereocenters. The van der Waals surface area contributed by atoms with Crippen LogP contribution in [0.15, 0.2) is 77.7 Å². The monoisotopic (exact) mass is 645 g/mol. The average Bonchev–Trinajstić information content (AvgIpc) is 3.73. The van der Waals surface area contributed by atoms with Crippen LogP contribution in [0.5, 0.6) is 0 Å². The lowest BCUT2D eigenvalue weighted by Gasteiger charge is -2.26. The van der Waals surface area contributed by atoms with Gasteiger partial charge in [-0.1, -0.05) is 30.3 Å². The summed E-state index contributed by atoms with van der Waals surface area (Å²) in [6, 6.07) is 14.4. The summed E-state index contributed by atoms with van der Waals surface area (Å²) in [5.41, 5.74) is 1.77. The zero-order valence-electron chi connectivity index (χ0n) is 26.9. The zero-order chi connectivity index (χ0) is 33.6. The maximum Gasteiger partial charge on any atom is 0.254 e. The molecule has 248 valence electrons. The Bertz CT molecular complexity index is 1670. The van der Waals surface area contributed by atoms with Crippen molar-refractivity contribution in [1.29, 1.82) is 0 Å². The number of aliphatic hydroxyl groups excluding tert-OH is 1. The van der Waals surface area contributed by atoms with Crippen molar-refractivity contribution < 1.29 is 27.9 Å². The topological polar surface area (TPSA) is 121 Å². The van der Waals surface area contributed by atoms with Crippen LogP contribution in [0.25, 0.3) is 0 Å². The van der Waals surface area contributed by atoms with Gasteiger partial charge in [0.1, 0.15) is 24.6 Å². The first kappa shape index (κ1) is 33.9. The Labute approximate surface area is 273 Å². The van der Waals surface area contributed by atoms with Crippen LogP contribution in [0, 0.1) is 6.92 Å². The van der Waals surface area contributed by atoms with Gasteiger partial charge in [0.15, 0.2) is 0 Å². The van der Waals surface area contributed by atoms with Crippen LogP contribution < -0.4 is 10.6 Å². The van der Waals surface area contributed by atoms with Gasteiger partial charge in [-0.15, -0.1) is 0 Å². The lowest BCUT2D eigenvalue weighted by Crippen LogP contribution is -2.48. The van der Waals surface area contributed by atoms with E-state index in [4.69, 9.17) is 4.42 Å². The molecule has 2 aromatic carbocycles. The second-order valence-electron chi connectivity index (χ2n) is 12.6. The van der Waals surface area contributed by atoms with Crippen molar-refractivity contribution in [3.8, 4) is 0 Å². The Hall–Kier alpha value is -4.48. The predicted molar refractivity (Wildman–Crippen MR) is 173 cm³/mol. The first-order valence-corrected chi connectivity index (χ1v) is 15.8. The van der Waals surface area contributed by atoms with Crippen molar-refractivity contribution in [3.05, 3.63) is 118 Å². The third-order valence-electron chi connectivity index (χ3n) is 8.34. The SMILES string of the molecule is Cc1coc([C@H]2CCCN2C(=O)c2cc(CF)cc(C(=O)N[C@@H](Cc3ccccc3)[C@@H](O)CNCc3cncc(C(C)(C)F)c3)c2)n1. The summed E-state index contributed by atoms with van der Waals surface area (Å²) in [6.45, 7) is 4.81. The molecule has 0 saturated carbocycles. The minimum Gasteiger partial charge on any atom is -0.446 e. The molecule has 3 N–H and O–H groups in total. The molecule has 0 bridgehead atoms. The number of pyridine rings is 1. The van der Waals surface area contributed by atoms with Gasteiger partial charge in [0, 0.05) is 48.7 Å². The molecule has 4 aromatic rings. The number of aliphatic hydroxyl groups is 1. The number of aryl methyl sites for hydroxylation is 1. The second kappa shape index (κ2) is 15.0. The smallest absolute Gasteiger partial charge is 0.254 e. The minimum absolute atomic E-state index is 0.112. The molecule has 3 heterocycles. The number of hydrogen-bond donors (Lipinski definition) is 3. The molecule has 0 aliphatic carbocycles. The molecule has 2 aromatic heterocycles. The summed E-state index contributed by atoms with van der Waals surface area (Å²) >= 11 is 0. The molecular weight excluding hydrogens is 604 g/mol. The summed E-state index contributed by atoms with van der Waals surface area (Å²) in [5.74, 6) is -0.431. The van der Waals surface area contributed by atoms with Crippen LogP contribution in [-0.2, 0) is 25.3 Å². The minimum atomic E-state index is -1.54. The summed E-state index contributed by atoms with van der Waals surface area (Å²) in [5, 5.41) is 17.4. The number of amides is 2. The lowest BCUT2D eigenvalue weighted by molar-refractivity contribution is 0.0715. The average molecular weight is 646 g/mol. The number of aromatic nitrogens is 2. The Morgan fingerprint density at radius 2 is 1.85 bits per heavy atom. The molecule has 9 nitrogen and oxygen atoms in total. The van der Waals surface area contributed by atoms with Crippen molar-refractivity contribution in [1.82, 2.24) is 25.5 Å². The van der Waals surface area contributed by atoms with E-state index in [1.54, 1.807) is 23.4 Å². The number of likely N-dealkylation sites (tertiary alicyclic amines) is 1. The van der Waals surface area contributed by atoms with Gasteiger partial charge in [-0.05, 0) is 81.0 Å². The normalized spacial score (nSPS) is 16.2. The van der Waals surface area contributed by atoms with Gasteiger partial charge in [-0.25, -0.2) is 13.8 Å². The van der Waals surface area contributed by atoms with Gasteiger partial charge in [0.2, 0.25) is 5.89 Å². The number of hydrogen-bond acceptors (Lipinski definition) is 7. The first-order chi connectivity index (χ1) is 22.5. The number of carbonyl (C=O) groups is 2. The third-order valence-corrected chi connectivity index (χ3v) is 8.34. The van der Waals surface area contributed by atoms with Gasteiger partial charge in [-0.3, -0.25) is 14.6 Å². The van der Waals surface area contributed by atoms with Crippen molar-refractivity contribution in [3.63, 3.8) is 0 Å². The van der Waals surface area contributed by atoms with Gasteiger partial charge in [-0.2, -0.15) is 0 Å². The quantitative estimate of drug-likeness (QED) is 0.175. The fourth-order valence-corrected chi connectivity index (χ4v) is 5.80. The van der Waals surface area contributed by atoms with E-state index < -0.39 is 30.4 Å². The van der Waals surface area contributed by atoms with Crippen LogP contribution >= 0.6 is 0 Å². The Kier molecular flexibility index (Phi) is 10.8. The molecule has 0 spiro atoms. The van der Waals surface area contributed by atoms with Crippen LogP contribution in [0.1, 0.15) is 87.3 Å². The summed E-state index contributed by atoms with van der Waals surface area (Å²) < 4.78 is 34.0. The first-order valence-electron chi connectivity index (χ1n) is 15.8. The van der Waals surface area contributed by atoms with E-state index in [0.717, 1.165) is 17.5 Å². The molecule has 2 amide bonds. The molecule has 0 radical (unpaired) electrons. The van der Waals surface area contributed by atoms with Gasteiger partial charge in [0.05, 0.1) is 17.8 Å². The number of nitrogens with zero attached hydrogens (tertiary/aromatic N) is 3. The fourth-order valence-electron chi connectivity index (χ4n) is 5.80. The summed E-state index contributed by atoms with van der Waals surface area (Å²) in [7, 11) is 0. The van der Waals surface area contributed by atoms with E-state index >= 15 is 0 Å². The van der Waals surface area contributed by atoms with E-state index in [1.807, 2.05) is 37.3 Å². The highest BCUT2D eigenvalue weighted by atomic mass is 19.1. The van der Waals surface area contributed by atoms with Crippen molar-refractivity contribution in [2.75, 3.05) is 13.1 Å². The fraction of sp³-hybridized carbons (Fsp3) is 0.389. The molecule has 1 aliphatic heterocycles. The molecule has 5 rings (SSSR count). The van der Waals surface area contributed by atoms with E-state index in [2.05, 4.69) is 20.6 Å².